The summed E-state index contributed by atoms with van der Waals surface area (Å²) in [5, 5.41) is 65.1. The lowest BCUT2D eigenvalue weighted by atomic mass is 10.1. The first-order valence-corrected chi connectivity index (χ1v) is 11.8. The third-order valence-electron chi connectivity index (χ3n) is 5.34. The van der Waals surface area contributed by atoms with Crippen LogP contribution in [-0.4, -0.2) is 61.7 Å². The SMILES string of the molecule is CCCCCCCCOCC(O)CO.O=c1c(O)c(-c2ccc(O)c(O)c2)oc2cc(O)cc(O)c12. The molecule has 0 saturated heterocycles. The van der Waals surface area contributed by atoms with Gasteiger partial charge in [-0.25, -0.2) is 0 Å². The predicted octanol–water partition coefficient (Wildman–Crippen LogP) is 3.70. The van der Waals surface area contributed by atoms with Gasteiger partial charge in [-0.3, -0.25) is 4.79 Å². The molecule has 0 amide bonds. The van der Waals surface area contributed by atoms with E-state index in [2.05, 4.69) is 6.92 Å². The van der Waals surface area contributed by atoms with E-state index in [9.17, 15) is 30.3 Å². The Morgan fingerprint density at radius 2 is 1.58 bits per heavy atom. The van der Waals surface area contributed by atoms with Gasteiger partial charge in [-0.15, -0.1) is 0 Å². The minimum Gasteiger partial charge on any atom is -0.508 e. The molecule has 0 fully saturated rings. The summed E-state index contributed by atoms with van der Waals surface area (Å²) in [6, 6.07) is 5.64. The number of benzene rings is 2. The van der Waals surface area contributed by atoms with Crippen LogP contribution in [0.1, 0.15) is 45.4 Å². The lowest BCUT2D eigenvalue weighted by molar-refractivity contribution is 0.00526. The van der Waals surface area contributed by atoms with E-state index in [1.165, 1.54) is 38.2 Å². The molecule has 0 aliphatic heterocycles. The van der Waals surface area contributed by atoms with E-state index in [4.69, 9.17) is 19.4 Å². The molecule has 0 aliphatic carbocycles. The van der Waals surface area contributed by atoms with Crippen LogP contribution in [0.25, 0.3) is 22.3 Å². The summed E-state index contributed by atoms with van der Waals surface area (Å²) in [6.07, 6.45) is 6.74. The van der Waals surface area contributed by atoms with E-state index in [-0.39, 0.29) is 47.0 Å². The van der Waals surface area contributed by atoms with Crippen LogP contribution >= 0.6 is 0 Å². The minimum absolute atomic E-state index is 0.134. The van der Waals surface area contributed by atoms with E-state index in [1.807, 2.05) is 0 Å². The molecule has 1 atom stereocenters. The van der Waals surface area contributed by atoms with Crippen LogP contribution in [0.4, 0.5) is 0 Å². The van der Waals surface area contributed by atoms with E-state index in [0.29, 0.717) is 6.61 Å². The monoisotopic (exact) mass is 506 g/mol. The van der Waals surface area contributed by atoms with Crippen molar-refractivity contribution in [2.45, 2.75) is 51.6 Å². The van der Waals surface area contributed by atoms with Gasteiger partial charge in [0.05, 0.1) is 13.2 Å². The van der Waals surface area contributed by atoms with E-state index >= 15 is 0 Å². The summed E-state index contributed by atoms with van der Waals surface area (Å²) in [7, 11) is 0. The molecule has 10 nitrogen and oxygen atoms in total. The molecule has 0 saturated carbocycles. The quantitative estimate of drug-likeness (QED) is 0.150. The smallest absolute Gasteiger partial charge is 0.238 e. The average Bonchev–Trinajstić information content (AvgIpc) is 2.84. The van der Waals surface area contributed by atoms with Crippen molar-refractivity contribution < 1.29 is 44.9 Å². The highest BCUT2D eigenvalue weighted by atomic mass is 16.5. The highest BCUT2D eigenvalue weighted by Gasteiger charge is 2.19. The Balaban J connectivity index is 0.000000284. The van der Waals surface area contributed by atoms with Gasteiger partial charge in [-0.05, 0) is 24.6 Å². The van der Waals surface area contributed by atoms with E-state index in [0.717, 1.165) is 30.7 Å². The van der Waals surface area contributed by atoms with Gasteiger partial charge in [0.15, 0.2) is 17.3 Å². The molecule has 1 heterocycles. The van der Waals surface area contributed by atoms with Crippen molar-refractivity contribution >= 4 is 11.0 Å². The largest absolute Gasteiger partial charge is 0.508 e. The van der Waals surface area contributed by atoms with Gasteiger partial charge >= 0.3 is 0 Å². The summed E-state index contributed by atoms with van der Waals surface area (Å²) >= 11 is 0. The summed E-state index contributed by atoms with van der Waals surface area (Å²) in [6.45, 7) is 2.95. The molecule has 0 spiro atoms. The minimum atomic E-state index is -0.888. The van der Waals surface area contributed by atoms with Gasteiger partial charge in [0, 0.05) is 24.3 Å². The number of fused-ring (bicyclic) bond motifs is 1. The van der Waals surface area contributed by atoms with Crippen molar-refractivity contribution in [2.24, 2.45) is 0 Å². The molecule has 36 heavy (non-hydrogen) atoms. The Hall–Kier alpha value is -3.47. The molecule has 1 unspecified atom stereocenters. The lowest BCUT2D eigenvalue weighted by Crippen LogP contribution is -2.19. The molecule has 7 N–H and O–H groups in total. The van der Waals surface area contributed by atoms with Crippen molar-refractivity contribution in [1.29, 1.82) is 0 Å². The van der Waals surface area contributed by atoms with Crippen LogP contribution in [0.15, 0.2) is 39.5 Å². The number of aliphatic hydroxyl groups is 2. The molecule has 3 rings (SSSR count). The Labute approximate surface area is 208 Å². The molecule has 2 aromatic carbocycles. The fraction of sp³-hybridized carbons (Fsp3) is 0.423. The Kier molecular flexibility index (Phi) is 11.3. The number of phenolic OH excluding ortho intramolecular Hbond substituents is 4. The van der Waals surface area contributed by atoms with Gasteiger partial charge in [0.2, 0.25) is 11.2 Å². The Bertz CT molecular complexity index is 1170. The zero-order valence-electron chi connectivity index (χ0n) is 20.2. The maximum absolute atomic E-state index is 12.1. The summed E-state index contributed by atoms with van der Waals surface area (Å²) in [5.74, 6) is -2.71. The molecular formula is C26H34O10. The summed E-state index contributed by atoms with van der Waals surface area (Å²) in [5.41, 5.74) is -0.890. The maximum atomic E-state index is 12.1. The molecule has 0 bridgehead atoms. The third kappa shape index (κ3) is 8.04. The molecule has 0 aliphatic rings. The molecule has 10 heteroatoms. The molecular weight excluding hydrogens is 472 g/mol. The number of aromatic hydroxyl groups is 5. The number of aliphatic hydroxyl groups excluding tert-OH is 2. The lowest BCUT2D eigenvalue weighted by Gasteiger charge is -2.08. The van der Waals surface area contributed by atoms with Crippen LogP contribution in [0, 0.1) is 0 Å². The normalized spacial score (nSPS) is 11.8. The summed E-state index contributed by atoms with van der Waals surface area (Å²) in [4.78, 5) is 12.1. The zero-order valence-corrected chi connectivity index (χ0v) is 20.2. The van der Waals surface area contributed by atoms with Gasteiger partial charge < -0.3 is 44.9 Å². The number of hydrogen-bond acceptors (Lipinski definition) is 10. The molecule has 198 valence electrons. The molecule has 0 radical (unpaired) electrons. The number of rotatable bonds is 11. The highest BCUT2D eigenvalue weighted by Crippen LogP contribution is 2.37. The second-order valence-corrected chi connectivity index (χ2v) is 8.33. The third-order valence-corrected chi connectivity index (χ3v) is 5.34. The average molecular weight is 507 g/mol. The second-order valence-electron chi connectivity index (χ2n) is 8.33. The highest BCUT2D eigenvalue weighted by molar-refractivity contribution is 5.88. The van der Waals surface area contributed by atoms with Crippen molar-refractivity contribution in [3.63, 3.8) is 0 Å². The predicted molar refractivity (Wildman–Crippen MR) is 134 cm³/mol. The van der Waals surface area contributed by atoms with Crippen LogP contribution in [0.5, 0.6) is 28.7 Å². The van der Waals surface area contributed by atoms with Gasteiger partial charge in [-0.1, -0.05) is 39.0 Å². The van der Waals surface area contributed by atoms with Crippen molar-refractivity contribution in [1.82, 2.24) is 0 Å². The first kappa shape index (κ1) is 28.8. The van der Waals surface area contributed by atoms with Gasteiger partial charge in [-0.2, -0.15) is 0 Å². The van der Waals surface area contributed by atoms with E-state index in [1.54, 1.807) is 0 Å². The first-order valence-electron chi connectivity index (χ1n) is 11.8. The Morgan fingerprint density at radius 1 is 0.889 bits per heavy atom. The number of hydrogen-bond donors (Lipinski definition) is 7. The number of phenols is 4. The number of ether oxygens (including phenoxy) is 1. The van der Waals surface area contributed by atoms with Crippen LogP contribution < -0.4 is 5.43 Å². The fourth-order valence-corrected chi connectivity index (χ4v) is 3.39. The standard InChI is InChI=1S/C15H10O7.C11H24O3/c16-7-4-10(19)12-11(5-7)22-15(14(21)13(12)20)6-1-2-8(17)9(18)3-6;1-2-3-4-5-6-7-8-14-10-11(13)9-12/h1-5,16-19,21H;11-13H,2-10H2,1H3. The maximum Gasteiger partial charge on any atom is 0.238 e. The van der Waals surface area contributed by atoms with Gasteiger partial charge in [0.25, 0.3) is 0 Å². The van der Waals surface area contributed by atoms with Crippen LogP contribution in [0.2, 0.25) is 0 Å². The zero-order chi connectivity index (χ0) is 26.7. The first-order chi connectivity index (χ1) is 17.2. The second kappa shape index (κ2) is 14.2. The fourth-order valence-electron chi connectivity index (χ4n) is 3.39. The van der Waals surface area contributed by atoms with Crippen LogP contribution in [0.3, 0.4) is 0 Å². The summed E-state index contributed by atoms with van der Waals surface area (Å²) < 4.78 is 10.5. The molecule has 3 aromatic rings. The van der Waals surface area contributed by atoms with E-state index < -0.39 is 28.8 Å². The van der Waals surface area contributed by atoms with Crippen molar-refractivity contribution in [3.05, 3.63) is 40.6 Å². The number of unbranched alkanes of at least 4 members (excludes halogenated alkanes) is 5. The topological polar surface area (TPSA) is 181 Å². The van der Waals surface area contributed by atoms with Crippen molar-refractivity contribution in [3.8, 4) is 40.1 Å². The van der Waals surface area contributed by atoms with Crippen LogP contribution in [-0.2, 0) is 4.74 Å². The van der Waals surface area contributed by atoms with Gasteiger partial charge in [0.1, 0.15) is 28.6 Å². The molecule has 1 aromatic heterocycles. The Morgan fingerprint density at radius 3 is 2.25 bits per heavy atom. The van der Waals surface area contributed by atoms with Crippen molar-refractivity contribution in [2.75, 3.05) is 19.8 Å².